The van der Waals surface area contributed by atoms with E-state index < -0.39 is 53.3 Å². The van der Waals surface area contributed by atoms with Crippen LogP contribution in [0.15, 0.2) is 12.2 Å². The fourth-order valence-electron chi connectivity index (χ4n) is 2.85. The average molecular weight is 293 g/mol. The molecule has 3 rings (SSSR count). The highest BCUT2D eigenvalue weighted by Gasteiger charge is 2.70. The molecule has 0 radical (unpaired) electrons. The Balaban J connectivity index is 2.23. The molecule has 0 aromatic carbocycles. The highest BCUT2D eigenvalue weighted by Crippen LogP contribution is 2.71. The van der Waals surface area contributed by atoms with E-state index in [1.54, 1.807) is 0 Å². The molecule has 2 N–H and O–H groups in total. The molecule has 0 spiro atoms. The molecule has 1 amide bonds. The van der Waals surface area contributed by atoms with Crippen LogP contribution in [0, 0.1) is 5.92 Å². The number of hydrogen-bond donors (Lipinski definition) is 1. The number of nitrogens with zero attached hydrogens (tertiary/aromatic N) is 2. The molecular weight excluding hydrogens is 285 g/mol. The first-order valence-electron chi connectivity index (χ1n) is 5.60. The molecule has 2 aliphatic rings. The largest absolute Gasteiger partial charge is 0.435 e. The van der Waals surface area contributed by atoms with E-state index in [1.165, 1.54) is 0 Å². The van der Waals surface area contributed by atoms with Gasteiger partial charge in [0.05, 0.1) is 5.92 Å². The van der Waals surface area contributed by atoms with Gasteiger partial charge in [0.25, 0.3) is 5.92 Å². The van der Waals surface area contributed by atoms with Crippen molar-refractivity contribution in [1.82, 2.24) is 9.78 Å². The number of halogens is 5. The minimum absolute atomic E-state index is 0.0617. The van der Waals surface area contributed by atoms with Gasteiger partial charge in [-0.1, -0.05) is 12.2 Å². The normalized spacial score (nSPS) is 26.4. The molecule has 9 heteroatoms. The summed E-state index contributed by atoms with van der Waals surface area (Å²) in [5, 5.41) is 3.12. The zero-order valence-corrected chi connectivity index (χ0v) is 9.84. The number of alkyl halides is 5. The summed E-state index contributed by atoms with van der Waals surface area (Å²) in [6, 6.07) is 0. The highest BCUT2D eigenvalue weighted by atomic mass is 19.4. The summed E-state index contributed by atoms with van der Waals surface area (Å²) in [5.74, 6) is -6.93. The molecule has 4 nitrogen and oxygen atoms in total. The van der Waals surface area contributed by atoms with Crippen LogP contribution in [0.3, 0.4) is 0 Å². The second-order valence-corrected chi connectivity index (χ2v) is 4.89. The van der Waals surface area contributed by atoms with Crippen molar-refractivity contribution in [2.75, 3.05) is 0 Å². The topological polar surface area (TPSA) is 60.9 Å². The van der Waals surface area contributed by atoms with E-state index in [0.717, 1.165) is 0 Å². The Hall–Kier alpha value is -1.93. The van der Waals surface area contributed by atoms with E-state index >= 15 is 0 Å². The molecule has 1 aromatic rings. The van der Waals surface area contributed by atoms with Crippen LogP contribution in [0.4, 0.5) is 22.0 Å². The number of nitrogens with two attached hydrogens (primary N) is 1. The molecule has 108 valence electrons. The molecule has 0 unspecified atom stereocenters. The lowest BCUT2D eigenvalue weighted by Crippen LogP contribution is -2.26. The van der Waals surface area contributed by atoms with Crippen molar-refractivity contribution < 1.29 is 26.7 Å². The van der Waals surface area contributed by atoms with E-state index in [-0.39, 0.29) is 5.57 Å². The summed E-state index contributed by atoms with van der Waals surface area (Å²) < 4.78 is 67.2. The van der Waals surface area contributed by atoms with Crippen molar-refractivity contribution in [3.63, 3.8) is 0 Å². The number of primary amides is 1. The first kappa shape index (κ1) is 13.1. The summed E-state index contributed by atoms with van der Waals surface area (Å²) >= 11 is 0. The van der Waals surface area contributed by atoms with Crippen LogP contribution in [0.25, 0.3) is 0 Å². The van der Waals surface area contributed by atoms with Crippen LogP contribution in [0.1, 0.15) is 22.9 Å². The van der Waals surface area contributed by atoms with Crippen molar-refractivity contribution in [1.29, 1.82) is 0 Å². The van der Waals surface area contributed by atoms with Gasteiger partial charge in [0, 0.05) is 11.5 Å². The van der Waals surface area contributed by atoms with Crippen LogP contribution >= 0.6 is 0 Å². The number of carbonyl (C=O) groups excluding carboxylic acids is 1. The molecule has 1 aromatic heterocycles. The van der Waals surface area contributed by atoms with Gasteiger partial charge in [0.2, 0.25) is 5.91 Å². The van der Waals surface area contributed by atoms with E-state index in [1.807, 2.05) is 0 Å². The molecular formula is C11H8F5N3O. The fourth-order valence-corrected chi connectivity index (χ4v) is 2.85. The molecule has 1 saturated carbocycles. The van der Waals surface area contributed by atoms with Crippen molar-refractivity contribution >= 4 is 5.91 Å². The Morgan fingerprint density at radius 1 is 1.45 bits per heavy atom. The maximum Gasteiger partial charge on any atom is 0.435 e. The number of aromatic nitrogens is 2. The van der Waals surface area contributed by atoms with Crippen molar-refractivity contribution in [2.24, 2.45) is 11.7 Å². The van der Waals surface area contributed by atoms with Gasteiger partial charge in [-0.2, -0.15) is 27.1 Å². The molecule has 1 fully saturated rings. The summed E-state index contributed by atoms with van der Waals surface area (Å²) in [6.45, 7) is 2.54. The van der Waals surface area contributed by atoms with E-state index in [2.05, 4.69) is 11.7 Å². The molecule has 2 aliphatic carbocycles. The van der Waals surface area contributed by atoms with Gasteiger partial charge in [-0.15, -0.1) is 0 Å². The first-order valence-corrected chi connectivity index (χ1v) is 5.60. The summed E-state index contributed by atoms with van der Waals surface area (Å²) in [5.41, 5.74) is 2.09. The third kappa shape index (κ3) is 1.46. The maximum atomic E-state index is 14.1. The molecule has 0 aliphatic heterocycles. The monoisotopic (exact) mass is 293 g/mol. The average Bonchev–Trinajstić information content (AvgIpc) is 2.66. The third-order valence-electron chi connectivity index (χ3n) is 3.60. The number of amides is 1. The molecule has 0 bridgehead atoms. The van der Waals surface area contributed by atoms with E-state index in [0.29, 0.717) is 4.68 Å². The Labute approximate surface area is 109 Å². The first-order chi connectivity index (χ1) is 9.06. The smallest absolute Gasteiger partial charge is 0.368 e. The minimum Gasteiger partial charge on any atom is -0.368 e. The fraction of sp³-hybridized carbons (Fsp3) is 0.455. The number of rotatable bonds is 2. The zero-order valence-electron chi connectivity index (χ0n) is 9.84. The van der Waals surface area contributed by atoms with Gasteiger partial charge in [0.1, 0.15) is 12.2 Å². The second-order valence-electron chi connectivity index (χ2n) is 4.89. The Morgan fingerprint density at radius 3 is 2.55 bits per heavy atom. The van der Waals surface area contributed by atoms with Gasteiger partial charge >= 0.3 is 6.18 Å². The van der Waals surface area contributed by atoms with E-state index in [9.17, 15) is 26.7 Å². The van der Waals surface area contributed by atoms with Crippen LogP contribution in [0.5, 0.6) is 0 Å². The van der Waals surface area contributed by atoms with Gasteiger partial charge in [-0.05, 0) is 0 Å². The lowest BCUT2D eigenvalue weighted by molar-refractivity contribution is -0.142. The quantitative estimate of drug-likeness (QED) is 0.667. The van der Waals surface area contributed by atoms with Gasteiger partial charge in [-0.25, -0.2) is 0 Å². The summed E-state index contributed by atoms with van der Waals surface area (Å²) in [6.07, 6.45) is -4.87. The molecule has 0 saturated heterocycles. The van der Waals surface area contributed by atoms with Crippen LogP contribution in [0.2, 0.25) is 0 Å². The molecule has 1 heterocycles. The van der Waals surface area contributed by atoms with Gasteiger partial charge < -0.3 is 5.73 Å². The Bertz CT molecular complexity index is 645. The minimum atomic E-state index is -4.87. The van der Waals surface area contributed by atoms with Crippen molar-refractivity contribution in [3.05, 3.63) is 29.1 Å². The van der Waals surface area contributed by atoms with Crippen LogP contribution < -0.4 is 5.73 Å². The number of hydrogen-bond acceptors (Lipinski definition) is 2. The predicted octanol–water partition coefficient (Wildman–Crippen LogP) is 1.76. The molecule has 2 atom stereocenters. The Morgan fingerprint density at radius 2 is 2.05 bits per heavy atom. The summed E-state index contributed by atoms with van der Waals surface area (Å²) in [4.78, 5) is 10.8. The Kier molecular flexibility index (Phi) is 2.21. The lowest BCUT2D eigenvalue weighted by atomic mass is 10.1. The van der Waals surface area contributed by atoms with Crippen LogP contribution in [-0.2, 0) is 23.4 Å². The number of allylic oxidation sites excluding steroid dienone is 1. The lowest BCUT2D eigenvalue weighted by Gasteiger charge is -2.14. The van der Waals surface area contributed by atoms with Crippen molar-refractivity contribution in [2.45, 2.75) is 24.6 Å². The zero-order chi connectivity index (χ0) is 15.0. The summed E-state index contributed by atoms with van der Waals surface area (Å²) in [7, 11) is 0. The van der Waals surface area contributed by atoms with Gasteiger partial charge in [0.15, 0.2) is 5.69 Å². The predicted molar refractivity (Wildman–Crippen MR) is 55.7 cm³/mol. The van der Waals surface area contributed by atoms with Gasteiger partial charge in [-0.3, -0.25) is 9.48 Å². The SMILES string of the molecule is C=C1[C@@H]2c3c(C(F)(F)F)nn(CC(N)=O)c3C(F)(F)[C@H]12. The second kappa shape index (κ2) is 3.39. The standard InChI is InChI=1S/C11H8F5N3O/c1-3-5-6-8(11(14,15)16)18-19(2-4(17)20)9(6)10(12,13)7(3)5/h5,7H,1-2H2,(H2,17,20)/t5-,7-/m1/s1. The number of fused-ring (bicyclic) bond motifs is 3. The van der Waals surface area contributed by atoms with E-state index in [4.69, 9.17) is 5.73 Å². The molecule has 20 heavy (non-hydrogen) atoms. The highest BCUT2D eigenvalue weighted by molar-refractivity contribution is 5.74. The third-order valence-corrected chi connectivity index (χ3v) is 3.60. The van der Waals surface area contributed by atoms with Crippen LogP contribution in [-0.4, -0.2) is 15.7 Å². The maximum absolute atomic E-state index is 14.1. The number of carbonyl (C=O) groups is 1. The van der Waals surface area contributed by atoms with Crippen molar-refractivity contribution in [3.8, 4) is 0 Å².